The Morgan fingerprint density at radius 1 is 1.12 bits per heavy atom. The van der Waals surface area contributed by atoms with Crippen LogP contribution in [0.2, 0.25) is 0 Å². The van der Waals surface area contributed by atoms with Crippen LogP contribution in [-0.2, 0) is 11.3 Å². The van der Waals surface area contributed by atoms with E-state index in [4.69, 9.17) is 19.2 Å². The molecule has 1 aliphatic heterocycles. The first-order chi connectivity index (χ1) is 16.5. The van der Waals surface area contributed by atoms with Crippen molar-refractivity contribution in [1.29, 1.82) is 0 Å². The Bertz CT molecular complexity index is 1360. The summed E-state index contributed by atoms with van der Waals surface area (Å²) in [5, 5.41) is 8.24. The molecule has 0 saturated heterocycles. The lowest BCUT2D eigenvalue weighted by molar-refractivity contribution is 0.102. The second kappa shape index (κ2) is 9.15. The zero-order chi connectivity index (χ0) is 23.7. The molecular formula is C26H26N4O4. The number of hydrogen-bond donors (Lipinski definition) is 1. The van der Waals surface area contributed by atoms with Gasteiger partial charge in [-0.1, -0.05) is 18.2 Å². The van der Waals surface area contributed by atoms with Gasteiger partial charge in [0.25, 0.3) is 5.91 Å². The van der Waals surface area contributed by atoms with Crippen molar-refractivity contribution in [1.82, 2.24) is 14.8 Å². The van der Waals surface area contributed by atoms with E-state index < -0.39 is 0 Å². The van der Waals surface area contributed by atoms with Gasteiger partial charge in [-0.3, -0.25) is 4.79 Å². The van der Waals surface area contributed by atoms with Crippen molar-refractivity contribution in [2.45, 2.75) is 26.5 Å². The van der Waals surface area contributed by atoms with Crippen molar-refractivity contribution in [2.75, 3.05) is 25.6 Å². The largest absolute Gasteiger partial charge is 0.486 e. The quantitative estimate of drug-likeness (QED) is 0.444. The number of carbonyl (C=O) groups is 1. The molecule has 34 heavy (non-hydrogen) atoms. The fourth-order valence-corrected chi connectivity index (χ4v) is 4.05. The first kappa shape index (κ1) is 21.9. The van der Waals surface area contributed by atoms with Crippen LogP contribution >= 0.6 is 0 Å². The molecule has 1 amide bonds. The van der Waals surface area contributed by atoms with Crippen molar-refractivity contribution in [3.05, 3.63) is 65.9 Å². The minimum Gasteiger partial charge on any atom is -0.486 e. The number of carbonyl (C=O) groups excluding carboxylic acids is 1. The third kappa shape index (κ3) is 4.08. The number of rotatable bonds is 6. The topological polar surface area (TPSA) is 87.5 Å². The van der Waals surface area contributed by atoms with Crippen LogP contribution in [0.3, 0.4) is 0 Å². The molecule has 0 radical (unpaired) electrons. The fourth-order valence-electron chi connectivity index (χ4n) is 4.05. The summed E-state index contributed by atoms with van der Waals surface area (Å²) in [5.41, 5.74) is 4.23. The van der Waals surface area contributed by atoms with E-state index in [9.17, 15) is 4.79 Å². The third-order valence-corrected chi connectivity index (χ3v) is 5.70. The van der Waals surface area contributed by atoms with Gasteiger partial charge in [0.05, 0.1) is 29.4 Å². The average molecular weight is 459 g/mol. The highest BCUT2D eigenvalue weighted by Crippen LogP contribution is 2.35. The number of benzene rings is 2. The van der Waals surface area contributed by atoms with Gasteiger partial charge in [0, 0.05) is 30.0 Å². The van der Waals surface area contributed by atoms with Gasteiger partial charge >= 0.3 is 0 Å². The number of fused-ring (bicyclic) bond motifs is 2. The Morgan fingerprint density at radius 3 is 2.71 bits per heavy atom. The summed E-state index contributed by atoms with van der Waals surface area (Å²) in [5.74, 6) is 1.14. The number of methoxy groups -OCH3 is 1. The molecule has 3 heterocycles. The molecule has 0 atom stereocenters. The molecule has 174 valence electrons. The second-order valence-electron chi connectivity index (χ2n) is 8.38. The van der Waals surface area contributed by atoms with E-state index in [0.29, 0.717) is 59.3 Å². The number of ether oxygens (including phenoxy) is 3. The van der Waals surface area contributed by atoms with Gasteiger partial charge in [-0.15, -0.1) is 0 Å². The van der Waals surface area contributed by atoms with Gasteiger partial charge in [0.1, 0.15) is 13.2 Å². The number of pyridine rings is 1. The van der Waals surface area contributed by atoms with Crippen LogP contribution in [-0.4, -0.2) is 41.0 Å². The van der Waals surface area contributed by atoms with E-state index >= 15 is 0 Å². The molecule has 2 aromatic heterocycles. The lowest BCUT2D eigenvalue weighted by Gasteiger charge is -2.19. The third-order valence-electron chi connectivity index (χ3n) is 5.70. The fraction of sp³-hybridized carbons (Fsp3) is 0.269. The number of hydrogen-bond acceptors (Lipinski definition) is 6. The van der Waals surface area contributed by atoms with Crippen molar-refractivity contribution in [2.24, 2.45) is 0 Å². The van der Waals surface area contributed by atoms with Gasteiger partial charge in [0.15, 0.2) is 17.1 Å². The lowest BCUT2D eigenvalue weighted by atomic mass is 10.0. The van der Waals surface area contributed by atoms with E-state index in [2.05, 4.69) is 10.4 Å². The number of para-hydroxylation sites is 1. The summed E-state index contributed by atoms with van der Waals surface area (Å²) in [7, 11) is 1.63. The number of anilines is 1. The SMILES string of the molecule is COCc1ccccc1NC(=O)c1cc(-c2ccc3c(c2)OCCO3)nc2c1cnn2C(C)C. The lowest BCUT2D eigenvalue weighted by Crippen LogP contribution is -2.15. The normalized spacial score (nSPS) is 12.8. The van der Waals surface area contributed by atoms with Crippen molar-refractivity contribution < 1.29 is 19.0 Å². The van der Waals surface area contributed by atoms with Gasteiger partial charge < -0.3 is 19.5 Å². The van der Waals surface area contributed by atoms with Gasteiger partial charge in [-0.05, 0) is 44.2 Å². The second-order valence-corrected chi connectivity index (χ2v) is 8.38. The average Bonchev–Trinajstić information content (AvgIpc) is 3.29. The molecule has 0 fully saturated rings. The van der Waals surface area contributed by atoms with Crippen LogP contribution in [0.25, 0.3) is 22.3 Å². The summed E-state index contributed by atoms with van der Waals surface area (Å²) < 4.78 is 18.5. The number of nitrogens with zero attached hydrogens (tertiary/aromatic N) is 3. The van der Waals surface area contributed by atoms with Crippen LogP contribution in [0.15, 0.2) is 54.7 Å². The standard InChI is InChI=1S/C26H26N4O4/c1-16(2)30-25-20(14-27-30)19(26(31)29-21-7-5-4-6-18(21)15-32-3)13-22(28-25)17-8-9-23-24(12-17)34-11-10-33-23/h4-9,12-14,16H,10-11,15H2,1-3H3,(H,29,31). The Morgan fingerprint density at radius 2 is 1.91 bits per heavy atom. The first-order valence-electron chi connectivity index (χ1n) is 11.2. The molecule has 1 aliphatic rings. The zero-order valence-corrected chi connectivity index (χ0v) is 19.4. The summed E-state index contributed by atoms with van der Waals surface area (Å²) in [6.45, 7) is 5.49. The van der Waals surface area contributed by atoms with Crippen LogP contribution in [0.5, 0.6) is 11.5 Å². The maximum Gasteiger partial charge on any atom is 0.256 e. The summed E-state index contributed by atoms with van der Waals surface area (Å²) >= 11 is 0. The molecule has 5 rings (SSSR count). The highest BCUT2D eigenvalue weighted by atomic mass is 16.6. The van der Waals surface area contributed by atoms with E-state index in [-0.39, 0.29) is 11.9 Å². The van der Waals surface area contributed by atoms with E-state index in [1.807, 2.05) is 61.0 Å². The molecule has 8 nitrogen and oxygen atoms in total. The Kier molecular flexibility index (Phi) is 5.90. The Labute approximate surface area is 197 Å². The zero-order valence-electron chi connectivity index (χ0n) is 19.4. The molecule has 2 aromatic carbocycles. The molecule has 0 bridgehead atoms. The van der Waals surface area contributed by atoms with Crippen molar-refractivity contribution in [3.63, 3.8) is 0 Å². The van der Waals surface area contributed by atoms with Crippen LogP contribution in [0.1, 0.15) is 35.8 Å². The molecule has 0 saturated carbocycles. The highest BCUT2D eigenvalue weighted by Gasteiger charge is 2.21. The molecule has 4 aromatic rings. The van der Waals surface area contributed by atoms with Crippen LogP contribution in [0.4, 0.5) is 5.69 Å². The predicted octanol–water partition coefficient (Wildman–Crippen LogP) is 4.85. The van der Waals surface area contributed by atoms with Crippen LogP contribution in [0, 0.1) is 0 Å². The first-order valence-corrected chi connectivity index (χ1v) is 11.2. The maximum absolute atomic E-state index is 13.5. The molecule has 8 heteroatoms. The van der Waals surface area contributed by atoms with E-state index in [1.54, 1.807) is 19.4 Å². The smallest absolute Gasteiger partial charge is 0.256 e. The Hall–Kier alpha value is -3.91. The number of aromatic nitrogens is 3. The van der Waals surface area contributed by atoms with E-state index in [1.165, 1.54) is 0 Å². The molecule has 0 unspecified atom stereocenters. The monoisotopic (exact) mass is 458 g/mol. The maximum atomic E-state index is 13.5. The highest BCUT2D eigenvalue weighted by molar-refractivity contribution is 6.12. The number of nitrogens with one attached hydrogen (secondary N) is 1. The minimum atomic E-state index is -0.238. The summed E-state index contributed by atoms with van der Waals surface area (Å²) in [6, 6.07) is 15.2. The van der Waals surface area contributed by atoms with Crippen LogP contribution < -0.4 is 14.8 Å². The summed E-state index contributed by atoms with van der Waals surface area (Å²) in [6.07, 6.45) is 1.70. The molecule has 0 aliphatic carbocycles. The van der Waals surface area contributed by atoms with Crippen molar-refractivity contribution in [3.8, 4) is 22.8 Å². The minimum absolute atomic E-state index is 0.0823. The van der Waals surface area contributed by atoms with E-state index in [0.717, 1.165) is 11.1 Å². The molecule has 0 spiro atoms. The number of amides is 1. The Balaban J connectivity index is 1.61. The molecular weight excluding hydrogens is 432 g/mol. The van der Waals surface area contributed by atoms with Gasteiger partial charge in [-0.2, -0.15) is 5.10 Å². The van der Waals surface area contributed by atoms with Gasteiger partial charge in [-0.25, -0.2) is 9.67 Å². The van der Waals surface area contributed by atoms with Crippen molar-refractivity contribution >= 4 is 22.6 Å². The predicted molar refractivity (Wildman–Crippen MR) is 129 cm³/mol. The van der Waals surface area contributed by atoms with Gasteiger partial charge in [0.2, 0.25) is 0 Å². The molecule has 1 N–H and O–H groups in total. The summed E-state index contributed by atoms with van der Waals surface area (Å²) in [4.78, 5) is 18.4.